The Morgan fingerprint density at radius 2 is 2.36 bits per heavy atom. The van der Waals surface area contributed by atoms with Crippen LogP contribution in [0, 0.1) is 16.0 Å². The molecule has 0 unspecified atom stereocenters. The summed E-state index contributed by atoms with van der Waals surface area (Å²) in [4.78, 5) is 24.1. The summed E-state index contributed by atoms with van der Waals surface area (Å²) in [5.74, 6) is -0.138. The Hall–Kier alpha value is -1.99. The van der Waals surface area contributed by atoms with E-state index in [2.05, 4.69) is 0 Å². The number of nitro groups is 1. The molecule has 1 aromatic carbocycles. The van der Waals surface area contributed by atoms with E-state index in [0.29, 0.717) is 26.3 Å². The minimum atomic E-state index is -1.37. The molecule has 7 nitrogen and oxygen atoms in total. The van der Waals surface area contributed by atoms with Crippen molar-refractivity contribution in [1.82, 2.24) is 4.90 Å². The Bertz CT molecular complexity index is 548. The van der Waals surface area contributed by atoms with Crippen molar-refractivity contribution >= 4 is 11.6 Å². The third kappa shape index (κ3) is 3.80. The molecule has 1 aliphatic rings. The van der Waals surface area contributed by atoms with Crippen molar-refractivity contribution in [3.05, 3.63) is 39.9 Å². The van der Waals surface area contributed by atoms with Crippen molar-refractivity contribution in [2.45, 2.75) is 19.4 Å². The van der Waals surface area contributed by atoms with Gasteiger partial charge in [0.05, 0.1) is 11.5 Å². The standard InChI is InChI=1S/C15H20N2O5/c1-2-22-10-11-6-7-16(9-11)15(19)14(18)12-4-3-5-13(8-12)17(20)21/h3-5,8,11,14,18H,2,6-7,9-10H2,1H3/t11-,14+/m0/s1. The van der Waals surface area contributed by atoms with E-state index < -0.39 is 16.9 Å². The zero-order chi connectivity index (χ0) is 16.1. The van der Waals surface area contributed by atoms with Crippen molar-refractivity contribution in [2.24, 2.45) is 5.92 Å². The number of rotatable bonds is 6. The van der Waals surface area contributed by atoms with Gasteiger partial charge in [-0.2, -0.15) is 0 Å². The van der Waals surface area contributed by atoms with E-state index in [1.807, 2.05) is 6.92 Å². The number of non-ortho nitro benzene ring substituents is 1. The van der Waals surface area contributed by atoms with E-state index in [9.17, 15) is 20.0 Å². The van der Waals surface area contributed by atoms with Gasteiger partial charge in [0.25, 0.3) is 11.6 Å². The van der Waals surface area contributed by atoms with Crippen LogP contribution in [0.2, 0.25) is 0 Å². The number of benzene rings is 1. The van der Waals surface area contributed by atoms with Crippen LogP contribution in [0.1, 0.15) is 25.0 Å². The minimum absolute atomic E-state index is 0.139. The molecule has 0 aliphatic carbocycles. The monoisotopic (exact) mass is 308 g/mol. The summed E-state index contributed by atoms with van der Waals surface area (Å²) in [7, 11) is 0. The lowest BCUT2D eigenvalue weighted by Gasteiger charge is -2.20. The summed E-state index contributed by atoms with van der Waals surface area (Å²) in [5, 5.41) is 20.9. The molecule has 0 saturated carbocycles. The molecule has 1 N–H and O–H groups in total. The number of nitrogens with zero attached hydrogens (tertiary/aromatic N) is 2. The Kier molecular flexibility index (Phi) is 5.46. The molecular weight excluding hydrogens is 288 g/mol. The number of amides is 1. The summed E-state index contributed by atoms with van der Waals surface area (Å²) in [5.41, 5.74) is 0.104. The number of carbonyl (C=O) groups is 1. The first-order chi connectivity index (χ1) is 10.5. The van der Waals surface area contributed by atoms with Crippen LogP contribution in [-0.4, -0.2) is 47.1 Å². The third-order valence-corrected chi connectivity index (χ3v) is 3.79. The highest BCUT2D eigenvalue weighted by atomic mass is 16.6. The molecule has 120 valence electrons. The van der Waals surface area contributed by atoms with Gasteiger partial charge in [-0.1, -0.05) is 12.1 Å². The fraction of sp³-hybridized carbons (Fsp3) is 0.533. The molecular formula is C15H20N2O5. The SMILES string of the molecule is CCOC[C@H]1CCN(C(=O)[C@H](O)c2cccc([N+](=O)[O-])c2)C1. The lowest BCUT2D eigenvalue weighted by atomic mass is 10.1. The van der Waals surface area contributed by atoms with Crippen molar-refractivity contribution < 1.29 is 19.6 Å². The fourth-order valence-electron chi connectivity index (χ4n) is 2.58. The zero-order valence-corrected chi connectivity index (χ0v) is 12.5. The Labute approximate surface area is 128 Å². The molecule has 1 fully saturated rings. The van der Waals surface area contributed by atoms with Gasteiger partial charge < -0.3 is 14.7 Å². The van der Waals surface area contributed by atoms with Crippen molar-refractivity contribution in [3.8, 4) is 0 Å². The van der Waals surface area contributed by atoms with Crippen LogP contribution in [0.15, 0.2) is 24.3 Å². The van der Waals surface area contributed by atoms with Gasteiger partial charge in [0.15, 0.2) is 6.10 Å². The van der Waals surface area contributed by atoms with Gasteiger partial charge in [0, 0.05) is 37.7 Å². The highest BCUT2D eigenvalue weighted by Crippen LogP contribution is 2.24. The van der Waals surface area contributed by atoms with Gasteiger partial charge in [-0.25, -0.2) is 0 Å². The van der Waals surface area contributed by atoms with Crippen molar-refractivity contribution in [1.29, 1.82) is 0 Å². The maximum atomic E-state index is 12.3. The second-order valence-corrected chi connectivity index (χ2v) is 5.35. The maximum Gasteiger partial charge on any atom is 0.269 e. The molecule has 2 atom stereocenters. The summed E-state index contributed by atoms with van der Waals surface area (Å²) < 4.78 is 5.36. The predicted octanol–water partition coefficient (Wildman–Crippen LogP) is 1.51. The molecule has 22 heavy (non-hydrogen) atoms. The predicted molar refractivity (Wildman–Crippen MR) is 79.2 cm³/mol. The molecule has 2 rings (SSSR count). The average molecular weight is 308 g/mol. The second-order valence-electron chi connectivity index (χ2n) is 5.35. The smallest absolute Gasteiger partial charge is 0.269 e. The first-order valence-electron chi connectivity index (χ1n) is 7.32. The van der Waals surface area contributed by atoms with Crippen LogP contribution in [0.4, 0.5) is 5.69 Å². The molecule has 1 heterocycles. The Morgan fingerprint density at radius 3 is 3.05 bits per heavy atom. The van der Waals surface area contributed by atoms with Crippen LogP contribution < -0.4 is 0 Å². The van der Waals surface area contributed by atoms with E-state index in [0.717, 1.165) is 6.42 Å². The Morgan fingerprint density at radius 1 is 1.59 bits per heavy atom. The summed E-state index contributed by atoms with van der Waals surface area (Å²) in [6.07, 6.45) is -0.529. The van der Waals surface area contributed by atoms with E-state index in [1.165, 1.54) is 24.3 Å². The minimum Gasteiger partial charge on any atom is -0.381 e. The summed E-state index contributed by atoms with van der Waals surface area (Å²) >= 11 is 0. The molecule has 1 saturated heterocycles. The topological polar surface area (TPSA) is 92.9 Å². The number of hydrogen-bond donors (Lipinski definition) is 1. The summed E-state index contributed by atoms with van der Waals surface area (Å²) in [6, 6.07) is 5.54. The van der Waals surface area contributed by atoms with Crippen molar-refractivity contribution in [3.63, 3.8) is 0 Å². The first kappa shape index (κ1) is 16.4. The highest BCUT2D eigenvalue weighted by molar-refractivity contribution is 5.82. The van der Waals surface area contributed by atoms with E-state index in [1.54, 1.807) is 4.90 Å². The van der Waals surface area contributed by atoms with Crippen LogP contribution in [0.5, 0.6) is 0 Å². The van der Waals surface area contributed by atoms with Gasteiger partial charge in [-0.15, -0.1) is 0 Å². The molecule has 1 aliphatic heterocycles. The molecule has 1 aromatic rings. The maximum absolute atomic E-state index is 12.3. The number of carbonyl (C=O) groups excluding carboxylic acids is 1. The van der Waals surface area contributed by atoms with Gasteiger partial charge in [-0.05, 0) is 18.9 Å². The van der Waals surface area contributed by atoms with Gasteiger partial charge in [-0.3, -0.25) is 14.9 Å². The van der Waals surface area contributed by atoms with Crippen LogP contribution in [0.25, 0.3) is 0 Å². The lowest BCUT2D eigenvalue weighted by molar-refractivity contribution is -0.385. The number of hydrogen-bond acceptors (Lipinski definition) is 5. The quantitative estimate of drug-likeness (QED) is 0.635. The van der Waals surface area contributed by atoms with Crippen LogP contribution in [-0.2, 0) is 9.53 Å². The average Bonchev–Trinajstić information content (AvgIpc) is 3.00. The Balaban J connectivity index is 2.00. The molecule has 7 heteroatoms. The molecule has 0 radical (unpaired) electrons. The summed E-state index contributed by atoms with van der Waals surface area (Å²) in [6.45, 7) is 4.28. The number of aliphatic hydroxyl groups is 1. The van der Waals surface area contributed by atoms with Crippen LogP contribution in [0.3, 0.4) is 0 Å². The second kappa shape index (κ2) is 7.33. The van der Waals surface area contributed by atoms with E-state index in [-0.39, 0.29) is 17.2 Å². The third-order valence-electron chi connectivity index (χ3n) is 3.79. The number of ether oxygens (including phenoxy) is 1. The number of likely N-dealkylation sites (tertiary alicyclic amines) is 1. The van der Waals surface area contributed by atoms with Gasteiger partial charge in [0.1, 0.15) is 0 Å². The van der Waals surface area contributed by atoms with Gasteiger partial charge >= 0.3 is 0 Å². The molecule has 0 spiro atoms. The highest BCUT2D eigenvalue weighted by Gasteiger charge is 2.31. The largest absolute Gasteiger partial charge is 0.381 e. The van der Waals surface area contributed by atoms with Crippen molar-refractivity contribution in [2.75, 3.05) is 26.3 Å². The number of nitro benzene ring substituents is 1. The first-order valence-corrected chi connectivity index (χ1v) is 7.32. The normalized spacial score (nSPS) is 19.2. The van der Waals surface area contributed by atoms with E-state index in [4.69, 9.17) is 4.74 Å². The lowest BCUT2D eigenvalue weighted by Crippen LogP contribution is -2.33. The van der Waals surface area contributed by atoms with Gasteiger partial charge in [0.2, 0.25) is 0 Å². The fourth-order valence-corrected chi connectivity index (χ4v) is 2.58. The molecule has 0 bridgehead atoms. The molecule has 1 amide bonds. The molecule has 0 aromatic heterocycles. The zero-order valence-electron chi connectivity index (χ0n) is 12.5. The van der Waals surface area contributed by atoms with Crippen LogP contribution >= 0.6 is 0 Å². The van der Waals surface area contributed by atoms with E-state index >= 15 is 0 Å². The number of aliphatic hydroxyl groups excluding tert-OH is 1.